The smallest absolute Gasteiger partial charge is 0.222 e. The third-order valence-electron chi connectivity index (χ3n) is 7.01. The molecule has 0 atom stereocenters. The number of likely N-dealkylation sites (tertiary alicyclic amines) is 1. The van der Waals surface area contributed by atoms with Gasteiger partial charge in [-0.25, -0.2) is 0 Å². The molecule has 2 fully saturated rings. The maximum absolute atomic E-state index is 11.2. The van der Waals surface area contributed by atoms with Crippen LogP contribution >= 0.6 is 0 Å². The van der Waals surface area contributed by atoms with Gasteiger partial charge in [0, 0.05) is 30.6 Å². The molecule has 1 aromatic carbocycles. The van der Waals surface area contributed by atoms with Crippen molar-refractivity contribution in [2.75, 3.05) is 13.1 Å². The number of nitrogens with zero attached hydrogens (tertiary/aromatic N) is 3. The Morgan fingerprint density at radius 2 is 1.67 bits per heavy atom. The first-order chi connectivity index (χ1) is 13.1. The van der Waals surface area contributed by atoms with Gasteiger partial charge in [-0.05, 0) is 61.6 Å². The lowest BCUT2D eigenvalue weighted by Gasteiger charge is -2.42. The largest absolute Gasteiger partial charge is 0.493 e. The number of benzene rings is 1. The molecule has 2 heterocycles. The maximum atomic E-state index is 11.2. The number of fused-ring (bicyclic) bond motifs is 1. The van der Waals surface area contributed by atoms with Crippen LogP contribution in [-0.4, -0.2) is 33.7 Å². The summed E-state index contributed by atoms with van der Waals surface area (Å²) in [4.78, 5) is 13.9. The Morgan fingerprint density at radius 3 is 2.30 bits per heavy atom. The SMILES string of the molecule is CC(C)C1CCC(N2CCC(n3c(O)c(N=O)c4ccccc43)CC2)CC1. The van der Waals surface area contributed by atoms with Crippen LogP contribution < -0.4 is 0 Å². The van der Waals surface area contributed by atoms with E-state index in [9.17, 15) is 10.0 Å². The molecule has 146 valence electrons. The zero-order chi connectivity index (χ0) is 19.0. The van der Waals surface area contributed by atoms with Crippen molar-refractivity contribution in [2.24, 2.45) is 17.0 Å². The van der Waals surface area contributed by atoms with E-state index in [-0.39, 0.29) is 17.6 Å². The molecule has 0 radical (unpaired) electrons. The van der Waals surface area contributed by atoms with Crippen LogP contribution in [-0.2, 0) is 0 Å². The van der Waals surface area contributed by atoms with Crippen molar-refractivity contribution in [1.29, 1.82) is 0 Å². The molecule has 0 amide bonds. The van der Waals surface area contributed by atoms with Gasteiger partial charge in [-0.1, -0.05) is 32.0 Å². The number of hydrogen-bond acceptors (Lipinski definition) is 4. The second-order valence-electron chi connectivity index (χ2n) is 8.73. The predicted molar refractivity (Wildman–Crippen MR) is 109 cm³/mol. The molecular formula is C22H31N3O2. The summed E-state index contributed by atoms with van der Waals surface area (Å²) in [6, 6.07) is 8.64. The van der Waals surface area contributed by atoms with Crippen molar-refractivity contribution in [3.63, 3.8) is 0 Å². The van der Waals surface area contributed by atoms with Crippen LogP contribution in [0.1, 0.15) is 58.4 Å². The number of para-hydroxylation sites is 1. The van der Waals surface area contributed by atoms with Crippen LogP contribution in [0, 0.1) is 16.7 Å². The summed E-state index contributed by atoms with van der Waals surface area (Å²) in [5.74, 6) is 1.74. The van der Waals surface area contributed by atoms with E-state index in [1.165, 1.54) is 25.7 Å². The van der Waals surface area contributed by atoms with Gasteiger partial charge in [0.25, 0.3) is 0 Å². The van der Waals surface area contributed by atoms with Crippen molar-refractivity contribution in [3.05, 3.63) is 29.2 Å². The van der Waals surface area contributed by atoms with E-state index >= 15 is 0 Å². The summed E-state index contributed by atoms with van der Waals surface area (Å²) in [6.07, 6.45) is 7.39. The van der Waals surface area contributed by atoms with E-state index in [0.29, 0.717) is 0 Å². The number of nitroso groups, excluding NO2 is 1. The summed E-state index contributed by atoms with van der Waals surface area (Å²) in [7, 11) is 0. The molecule has 1 N–H and O–H groups in total. The third-order valence-corrected chi connectivity index (χ3v) is 7.01. The van der Waals surface area contributed by atoms with Crippen molar-refractivity contribution in [1.82, 2.24) is 9.47 Å². The fourth-order valence-electron chi connectivity index (χ4n) is 5.33. The first kappa shape index (κ1) is 18.5. The second-order valence-corrected chi connectivity index (χ2v) is 8.73. The van der Waals surface area contributed by atoms with E-state index in [0.717, 1.165) is 54.7 Å². The normalized spacial score (nSPS) is 25.3. The molecule has 4 rings (SSSR count). The van der Waals surface area contributed by atoms with Gasteiger partial charge < -0.3 is 14.6 Å². The van der Waals surface area contributed by atoms with Crippen molar-refractivity contribution < 1.29 is 5.11 Å². The maximum Gasteiger partial charge on any atom is 0.222 e. The highest BCUT2D eigenvalue weighted by Crippen LogP contribution is 2.43. The Bertz CT molecular complexity index is 797. The standard InChI is InChI=1S/C22H31N3O2/c1-15(2)16-7-9-17(10-8-16)24-13-11-18(12-14-24)25-20-6-4-3-5-19(20)21(23-27)22(25)26/h3-6,15-18,26H,7-14H2,1-2H3. The minimum absolute atomic E-state index is 0.0297. The van der Waals surface area contributed by atoms with Crippen LogP contribution in [0.15, 0.2) is 29.4 Å². The Kier molecular flexibility index (Phi) is 5.22. The Hall–Kier alpha value is -1.88. The van der Waals surface area contributed by atoms with E-state index < -0.39 is 0 Å². The van der Waals surface area contributed by atoms with E-state index in [2.05, 4.69) is 23.9 Å². The van der Waals surface area contributed by atoms with Crippen LogP contribution in [0.25, 0.3) is 10.9 Å². The van der Waals surface area contributed by atoms with Gasteiger partial charge in [0.05, 0.1) is 5.52 Å². The van der Waals surface area contributed by atoms with Gasteiger partial charge in [-0.15, -0.1) is 4.91 Å². The van der Waals surface area contributed by atoms with E-state index in [4.69, 9.17) is 0 Å². The molecule has 0 spiro atoms. The first-order valence-electron chi connectivity index (χ1n) is 10.5. The van der Waals surface area contributed by atoms with Crippen molar-refractivity contribution in [2.45, 2.75) is 64.5 Å². The van der Waals surface area contributed by atoms with Crippen molar-refractivity contribution >= 4 is 16.6 Å². The van der Waals surface area contributed by atoms with Crippen LogP contribution in [0.3, 0.4) is 0 Å². The average molecular weight is 370 g/mol. The molecule has 1 aliphatic carbocycles. The molecule has 5 heteroatoms. The summed E-state index contributed by atoms with van der Waals surface area (Å²) < 4.78 is 1.94. The fraction of sp³-hybridized carbons (Fsp3) is 0.636. The highest BCUT2D eigenvalue weighted by Gasteiger charge is 2.32. The molecule has 0 unspecified atom stereocenters. The van der Waals surface area contributed by atoms with E-state index in [1.54, 1.807) is 0 Å². The summed E-state index contributed by atoms with van der Waals surface area (Å²) in [5.41, 5.74) is 1.10. The third kappa shape index (κ3) is 3.38. The highest BCUT2D eigenvalue weighted by molar-refractivity contribution is 5.95. The molecule has 0 bridgehead atoms. The van der Waals surface area contributed by atoms with Gasteiger partial charge in [0.2, 0.25) is 5.88 Å². The van der Waals surface area contributed by atoms with E-state index in [1.807, 2.05) is 28.8 Å². The van der Waals surface area contributed by atoms with Crippen LogP contribution in [0.5, 0.6) is 5.88 Å². The quantitative estimate of drug-likeness (QED) is 0.714. The monoisotopic (exact) mass is 369 g/mol. The van der Waals surface area contributed by atoms with Crippen LogP contribution in [0.2, 0.25) is 0 Å². The summed E-state index contributed by atoms with van der Waals surface area (Å²) in [5, 5.41) is 14.5. The minimum atomic E-state index is 0.0297. The van der Waals surface area contributed by atoms with Gasteiger partial charge >= 0.3 is 0 Å². The lowest BCUT2D eigenvalue weighted by Crippen LogP contribution is -2.43. The fourth-order valence-corrected chi connectivity index (χ4v) is 5.33. The molecule has 1 aliphatic heterocycles. The number of hydrogen-bond donors (Lipinski definition) is 1. The minimum Gasteiger partial charge on any atom is -0.493 e. The Morgan fingerprint density at radius 1 is 1.00 bits per heavy atom. The van der Waals surface area contributed by atoms with Gasteiger partial charge in [-0.3, -0.25) is 0 Å². The summed E-state index contributed by atoms with van der Waals surface area (Å²) in [6.45, 7) is 6.84. The predicted octanol–water partition coefficient (Wildman–Crippen LogP) is 5.60. The molecule has 1 aromatic heterocycles. The van der Waals surface area contributed by atoms with Crippen LogP contribution in [0.4, 0.5) is 5.69 Å². The molecule has 5 nitrogen and oxygen atoms in total. The average Bonchev–Trinajstić information content (AvgIpc) is 2.99. The number of aromatic hydroxyl groups is 1. The number of aromatic nitrogens is 1. The number of rotatable bonds is 4. The molecular weight excluding hydrogens is 338 g/mol. The second kappa shape index (κ2) is 7.63. The molecule has 2 aromatic rings. The molecule has 27 heavy (non-hydrogen) atoms. The lowest BCUT2D eigenvalue weighted by molar-refractivity contribution is 0.0881. The van der Waals surface area contributed by atoms with Crippen molar-refractivity contribution in [3.8, 4) is 5.88 Å². The highest BCUT2D eigenvalue weighted by atomic mass is 16.3. The van der Waals surface area contributed by atoms with Gasteiger partial charge in [0.1, 0.15) is 0 Å². The Balaban J connectivity index is 1.45. The Labute approximate surface area is 161 Å². The molecule has 2 aliphatic rings. The summed E-state index contributed by atoms with van der Waals surface area (Å²) >= 11 is 0. The molecule has 1 saturated heterocycles. The van der Waals surface area contributed by atoms with Gasteiger partial charge in [0.15, 0.2) is 5.69 Å². The zero-order valence-corrected chi connectivity index (χ0v) is 16.5. The number of piperidine rings is 1. The van der Waals surface area contributed by atoms with Gasteiger partial charge in [-0.2, -0.15) is 0 Å². The topological polar surface area (TPSA) is 57.8 Å². The lowest BCUT2D eigenvalue weighted by atomic mass is 9.79. The zero-order valence-electron chi connectivity index (χ0n) is 16.5. The first-order valence-corrected chi connectivity index (χ1v) is 10.5. The molecule has 1 saturated carbocycles.